The van der Waals surface area contributed by atoms with Crippen molar-refractivity contribution in [3.63, 3.8) is 0 Å². The molecular weight excluding hydrogens is 266 g/mol. The fourth-order valence-corrected chi connectivity index (χ4v) is 1.86. The Morgan fingerprint density at radius 1 is 1.26 bits per heavy atom. The average Bonchev–Trinajstić information content (AvgIpc) is 2.32. The van der Waals surface area contributed by atoms with Crippen LogP contribution >= 0.6 is 11.6 Å². The van der Waals surface area contributed by atoms with Crippen LogP contribution in [0.3, 0.4) is 0 Å². The number of aromatic nitrogens is 2. The third-order valence-corrected chi connectivity index (χ3v) is 2.76. The third kappa shape index (κ3) is 3.20. The zero-order valence-corrected chi connectivity index (χ0v) is 11.2. The van der Waals surface area contributed by atoms with Gasteiger partial charge in [-0.25, -0.2) is 14.8 Å². The molecule has 0 spiro atoms. The van der Waals surface area contributed by atoms with Crippen molar-refractivity contribution in [3.8, 4) is 0 Å². The summed E-state index contributed by atoms with van der Waals surface area (Å²) in [5, 5.41) is 12.4. The molecule has 0 amide bonds. The lowest BCUT2D eigenvalue weighted by Crippen LogP contribution is -2.06. The number of nitrogens with zero attached hydrogens (tertiary/aromatic N) is 2. The van der Waals surface area contributed by atoms with Crippen molar-refractivity contribution < 1.29 is 9.90 Å². The summed E-state index contributed by atoms with van der Waals surface area (Å²) >= 11 is 6.09. The number of halogens is 1. The smallest absolute Gasteiger partial charge is 0.354 e. The van der Waals surface area contributed by atoms with Gasteiger partial charge >= 0.3 is 5.97 Å². The lowest BCUT2D eigenvalue weighted by Gasteiger charge is -2.08. The zero-order valence-electron chi connectivity index (χ0n) is 10.4. The van der Waals surface area contributed by atoms with Crippen LogP contribution in [0.1, 0.15) is 21.7 Å². The van der Waals surface area contributed by atoms with Gasteiger partial charge in [-0.3, -0.25) is 0 Å². The van der Waals surface area contributed by atoms with Gasteiger partial charge in [-0.2, -0.15) is 0 Å². The minimum atomic E-state index is -1.09. The first-order valence-electron chi connectivity index (χ1n) is 5.58. The summed E-state index contributed by atoms with van der Waals surface area (Å²) in [6, 6.07) is 6.90. The van der Waals surface area contributed by atoms with Crippen molar-refractivity contribution in [1.29, 1.82) is 0 Å². The lowest BCUT2D eigenvalue weighted by atomic mass is 10.2. The minimum absolute atomic E-state index is 0.0572. The Morgan fingerprint density at radius 3 is 2.63 bits per heavy atom. The number of aromatic carboxylic acids is 1. The summed E-state index contributed by atoms with van der Waals surface area (Å²) in [6.45, 7) is 3.64. The van der Waals surface area contributed by atoms with E-state index in [4.69, 9.17) is 16.7 Å². The molecule has 0 unspecified atom stereocenters. The molecule has 19 heavy (non-hydrogen) atoms. The van der Waals surface area contributed by atoms with Gasteiger partial charge in [0.1, 0.15) is 0 Å². The van der Waals surface area contributed by atoms with Crippen molar-refractivity contribution >= 4 is 29.2 Å². The summed E-state index contributed by atoms with van der Waals surface area (Å²) in [6.07, 6.45) is 0. The highest BCUT2D eigenvalue weighted by atomic mass is 35.5. The Labute approximate surface area is 115 Å². The molecule has 0 aliphatic heterocycles. The van der Waals surface area contributed by atoms with E-state index in [2.05, 4.69) is 15.3 Å². The number of anilines is 2. The van der Waals surface area contributed by atoms with Crippen LogP contribution in [0.25, 0.3) is 0 Å². The van der Waals surface area contributed by atoms with E-state index in [1.165, 1.54) is 6.07 Å². The first-order valence-corrected chi connectivity index (χ1v) is 5.95. The lowest BCUT2D eigenvalue weighted by molar-refractivity contribution is 0.0690. The topological polar surface area (TPSA) is 75.1 Å². The van der Waals surface area contributed by atoms with Crippen molar-refractivity contribution in [1.82, 2.24) is 9.97 Å². The van der Waals surface area contributed by atoms with Crippen molar-refractivity contribution in [2.75, 3.05) is 5.32 Å². The number of carboxylic acids is 1. The summed E-state index contributed by atoms with van der Waals surface area (Å²) in [5.74, 6) is -0.883. The number of aryl methyl sites for hydroxylation is 2. The molecule has 0 aliphatic carbocycles. The van der Waals surface area contributed by atoms with E-state index in [1.807, 2.05) is 13.0 Å². The Morgan fingerprint density at radius 2 is 2.00 bits per heavy atom. The highest BCUT2D eigenvalue weighted by Gasteiger charge is 2.09. The largest absolute Gasteiger partial charge is 0.477 e. The van der Waals surface area contributed by atoms with Crippen molar-refractivity contribution in [3.05, 3.63) is 46.2 Å². The molecule has 0 bridgehead atoms. The second kappa shape index (κ2) is 5.24. The third-order valence-electron chi connectivity index (χ3n) is 2.44. The molecule has 1 aromatic carbocycles. The van der Waals surface area contributed by atoms with Gasteiger partial charge in [-0.1, -0.05) is 17.7 Å². The summed E-state index contributed by atoms with van der Waals surface area (Å²) in [7, 11) is 0. The van der Waals surface area contributed by atoms with Gasteiger partial charge in [-0.15, -0.1) is 0 Å². The van der Waals surface area contributed by atoms with Crippen LogP contribution in [-0.4, -0.2) is 21.0 Å². The van der Waals surface area contributed by atoms with E-state index in [9.17, 15) is 4.79 Å². The van der Waals surface area contributed by atoms with Gasteiger partial charge in [0.25, 0.3) is 0 Å². The first-order chi connectivity index (χ1) is 8.95. The first kappa shape index (κ1) is 13.3. The predicted molar refractivity (Wildman–Crippen MR) is 73.2 cm³/mol. The maximum atomic E-state index is 10.9. The average molecular weight is 278 g/mol. The van der Waals surface area contributed by atoms with E-state index < -0.39 is 5.97 Å². The van der Waals surface area contributed by atoms with E-state index in [1.54, 1.807) is 19.1 Å². The molecule has 0 saturated heterocycles. The molecule has 5 nitrogen and oxygen atoms in total. The molecule has 0 radical (unpaired) electrons. The van der Waals surface area contributed by atoms with Crippen LogP contribution in [-0.2, 0) is 0 Å². The molecule has 2 rings (SSSR count). The zero-order chi connectivity index (χ0) is 14.0. The van der Waals surface area contributed by atoms with Crippen molar-refractivity contribution in [2.45, 2.75) is 13.8 Å². The monoisotopic (exact) mass is 277 g/mol. The van der Waals surface area contributed by atoms with Crippen molar-refractivity contribution in [2.24, 2.45) is 0 Å². The second-order valence-electron chi connectivity index (χ2n) is 4.13. The SMILES string of the molecule is Cc1ccc(Nc2nc(C)cc(C(=O)O)n2)c(Cl)c1. The number of hydrogen-bond acceptors (Lipinski definition) is 4. The molecule has 2 N–H and O–H groups in total. The predicted octanol–water partition coefficient (Wildman–Crippen LogP) is 3.19. The summed E-state index contributed by atoms with van der Waals surface area (Å²) in [5.41, 5.74) is 2.18. The van der Waals surface area contributed by atoms with Crippen LogP contribution in [0, 0.1) is 13.8 Å². The Kier molecular flexibility index (Phi) is 3.66. The molecule has 0 aliphatic rings. The van der Waals surface area contributed by atoms with E-state index in [0.29, 0.717) is 16.4 Å². The molecule has 6 heteroatoms. The van der Waals surface area contributed by atoms with Gasteiger partial charge in [0.05, 0.1) is 10.7 Å². The number of carbonyl (C=O) groups is 1. The van der Waals surface area contributed by atoms with E-state index in [0.717, 1.165) is 5.56 Å². The normalized spacial score (nSPS) is 10.3. The van der Waals surface area contributed by atoms with Crippen LogP contribution in [0.15, 0.2) is 24.3 Å². The molecule has 0 fully saturated rings. The molecule has 2 aromatic rings. The number of carboxylic acid groups (broad SMARTS) is 1. The number of nitrogens with one attached hydrogen (secondary N) is 1. The fourth-order valence-electron chi connectivity index (χ4n) is 1.58. The molecule has 0 saturated carbocycles. The van der Waals surface area contributed by atoms with E-state index in [-0.39, 0.29) is 11.6 Å². The van der Waals surface area contributed by atoms with Crippen LogP contribution in [0.2, 0.25) is 5.02 Å². The van der Waals surface area contributed by atoms with Crippen LogP contribution in [0.5, 0.6) is 0 Å². The number of benzene rings is 1. The van der Waals surface area contributed by atoms with Gasteiger partial charge < -0.3 is 10.4 Å². The summed E-state index contributed by atoms with van der Waals surface area (Å²) in [4.78, 5) is 19.0. The highest BCUT2D eigenvalue weighted by molar-refractivity contribution is 6.33. The molecule has 0 atom stereocenters. The van der Waals surface area contributed by atoms with Gasteiger partial charge in [0, 0.05) is 5.69 Å². The molecule has 1 heterocycles. The minimum Gasteiger partial charge on any atom is -0.477 e. The Balaban J connectivity index is 2.35. The van der Waals surface area contributed by atoms with Gasteiger partial charge in [-0.05, 0) is 37.6 Å². The maximum Gasteiger partial charge on any atom is 0.354 e. The maximum absolute atomic E-state index is 10.9. The Hall–Kier alpha value is -2.14. The standard InChI is InChI=1S/C13H12ClN3O2/c1-7-3-4-10(9(14)5-7)16-13-15-8(2)6-11(17-13)12(18)19/h3-6H,1-2H3,(H,18,19)(H,15,16,17). The second-order valence-corrected chi connectivity index (χ2v) is 4.54. The molecule has 98 valence electrons. The number of rotatable bonds is 3. The number of hydrogen-bond donors (Lipinski definition) is 2. The van der Waals surface area contributed by atoms with Crippen LogP contribution in [0.4, 0.5) is 11.6 Å². The fraction of sp³-hybridized carbons (Fsp3) is 0.154. The quantitative estimate of drug-likeness (QED) is 0.901. The highest BCUT2D eigenvalue weighted by Crippen LogP contribution is 2.25. The molecular formula is C13H12ClN3O2. The van der Waals surface area contributed by atoms with Gasteiger partial charge in [0.15, 0.2) is 5.69 Å². The molecule has 1 aromatic heterocycles. The van der Waals surface area contributed by atoms with Gasteiger partial charge in [0.2, 0.25) is 5.95 Å². The van der Waals surface area contributed by atoms with E-state index >= 15 is 0 Å². The summed E-state index contributed by atoms with van der Waals surface area (Å²) < 4.78 is 0. The van der Waals surface area contributed by atoms with Crippen LogP contribution < -0.4 is 5.32 Å². The Bertz CT molecular complexity index is 644.